The van der Waals surface area contributed by atoms with Gasteiger partial charge < -0.3 is 13.6 Å². The Morgan fingerprint density at radius 1 is 0.481 bits per heavy atom. The maximum Gasteiger partial charge on any atom is 0.337 e. The van der Waals surface area contributed by atoms with E-state index in [1.54, 1.807) is 0 Å². The first-order valence-corrected chi connectivity index (χ1v) is 14.3. The van der Waals surface area contributed by atoms with Crippen molar-refractivity contribution in [2.75, 3.05) is 26.4 Å². The van der Waals surface area contributed by atoms with Crippen molar-refractivity contribution in [2.45, 2.75) is 123 Å². The topological polar surface area (TPSA) is 27.7 Å². The Morgan fingerprint density at radius 3 is 1.37 bits per heavy atom. The van der Waals surface area contributed by atoms with E-state index in [1.165, 1.54) is 83.5 Å². The summed E-state index contributed by atoms with van der Waals surface area (Å²) in [5.41, 5.74) is 0. The first kappa shape index (κ1) is 27.1. The maximum absolute atomic E-state index is 6.27. The van der Waals surface area contributed by atoms with Gasteiger partial charge in [0.05, 0.1) is 13.2 Å². The molecule has 4 heteroatoms. The molecule has 0 aromatic carbocycles. The molecule has 0 aliphatic rings. The predicted molar refractivity (Wildman–Crippen MR) is 121 cm³/mol. The Balaban J connectivity index is 3.49. The van der Waals surface area contributed by atoms with E-state index in [9.17, 15) is 0 Å². The van der Waals surface area contributed by atoms with Gasteiger partial charge in [-0.05, 0) is 25.4 Å². The first-order valence-electron chi connectivity index (χ1n) is 12.1. The quantitative estimate of drug-likeness (QED) is 0.138. The second-order valence-electron chi connectivity index (χ2n) is 7.75. The minimum absolute atomic E-state index is 0.681. The van der Waals surface area contributed by atoms with Gasteiger partial charge in [-0.1, -0.05) is 97.8 Å². The summed E-state index contributed by atoms with van der Waals surface area (Å²) < 4.78 is 17.8. The summed E-state index contributed by atoms with van der Waals surface area (Å²) in [5, 5.41) is 0. The van der Waals surface area contributed by atoms with E-state index < -0.39 is 8.56 Å². The molecule has 0 aliphatic heterocycles. The second-order valence-corrected chi connectivity index (χ2v) is 11.6. The van der Waals surface area contributed by atoms with Crippen LogP contribution in [0, 0.1) is 0 Å². The predicted octanol–water partition coefficient (Wildman–Crippen LogP) is 7.63. The molecule has 164 valence electrons. The molecule has 0 atom stereocenters. The van der Waals surface area contributed by atoms with Crippen LogP contribution in [0.5, 0.6) is 0 Å². The lowest BCUT2D eigenvalue weighted by Crippen LogP contribution is -2.42. The Labute approximate surface area is 172 Å². The smallest absolute Gasteiger partial charge is 0.337 e. The van der Waals surface area contributed by atoms with Gasteiger partial charge in [0.15, 0.2) is 0 Å². The molecule has 0 aromatic rings. The van der Waals surface area contributed by atoms with Crippen molar-refractivity contribution in [3.63, 3.8) is 0 Å². The summed E-state index contributed by atoms with van der Waals surface area (Å²) in [6.45, 7) is 11.7. The van der Waals surface area contributed by atoms with Crippen LogP contribution in [-0.2, 0) is 13.6 Å². The van der Waals surface area contributed by atoms with Crippen molar-refractivity contribution in [1.82, 2.24) is 0 Å². The highest BCUT2D eigenvalue weighted by molar-refractivity contribution is 6.67. The lowest BCUT2D eigenvalue weighted by Gasteiger charge is -2.28. The molecule has 0 rings (SSSR count). The SMILES string of the molecule is CCCCCCCCCCCCCCCO[Si](CC)(CC)OCCOCC. The van der Waals surface area contributed by atoms with Crippen molar-refractivity contribution in [1.29, 1.82) is 0 Å². The summed E-state index contributed by atoms with van der Waals surface area (Å²) >= 11 is 0. The molecule has 0 heterocycles. The summed E-state index contributed by atoms with van der Waals surface area (Å²) in [6.07, 6.45) is 18.1. The van der Waals surface area contributed by atoms with Gasteiger partial charge in [0.1, 0.15) is 0 Å². The van der Waals surface area contributed by atoms with Gasteiger partial charge in [0, 0.05) is 13.2 Å². The molecule has 0 saturated heterocycles. The average Bonchev–Trinajstić information content (AvgIpc) is 2.70. The zero-order chi connectivity index (χ0) is 20.1. The van der Waals surface area contributed by atoms with Gasteiger partial charge in [-0.2, -0.15) is 0 Å². The van der Waals surface area contributed by atoms with E-state index in [1.807, 2.05) is 6.92 Å². The highest BCUT2D eigenvalue weighted by Gasteiger charge is 2.33. The van der Waals surface area contributed by atoms with Gasteiger partial charge in [-0.25, -0.2) is 0 Å². The summed E-state index contributed by atoms with van der Waals surface area (Å²) in [6, 6.07) is 2.07. The van der Waals surface area contributed by atoms with Crippen LogP contribution in [-0.4, -0.2) is 35.0 Å². The van der Waals surface area contributed by atoms with Gasteiger partial charge in [-0.3, -0.25) is 0 Å². The Morgan fingerprint density at radius 2 is 0.926 bits per heavy atom. The van der Waals surface area contributed by atoms with Crippen molar-refractivity contribution in [3.8, 4) is 0 Å². The standard InChI is InChI=1S/C23H50O3Si/c1-5-9-10-11-12-13-14-15-16-17-18-19-20-21-25-27(7-3,8-4)26-23-22-24-6-2/h5-23H2,1-4H3. The highest BCUT2D eigenvalue weighted by Crippen LogP contribution is 2.19. The molecule has 0 N–H and O–H groups in total. The molecule has 0 saturated carbocycles. The molecule has 0 amide bonds. The first-order chi connectivity index (χ1) is 13.2. The van der Waals surface area contributed by atoms with E-state index in [2.05, 4.69) is 20.8 Å². The Hall–Kier alpha value is 0.0969. The molecule has 0 fully saturated rings. The van der Waals surface area contributed by atoms with E-state index in [-0.39, 0.29) is 0 Å². The monoisotopic (exact) mass is 402 g/mol. The van der Waals surface area contributed by atoms with Crippen molar-refractivity contribution in [3.05, 3.63) is 0 Å². The molecular weight excluding hydrogens is 352 g/mol. The van der Waals surface area contributed by atoms with Crippen LogP contribution in [0.15, 0.2) is 0 Å². The van der Waals surface area contributed by atoms with E-state index in [0.717, 1.165) is 25.3 Å². The normalized spacial score (nSPS) is 12.0. The molecule has 27 heavy (non-hydrogen) atoms. The van der Waals surface area contributed by atoms with Crippen LogP contribution < -0.4 is 0 Å². The van der Waals surface area contributed by atoms with Gasteiger partial charge in [0.25, 0.3) is 0 Å². The number of rotatable bonds is 22. The lowest BCUT2D eigenvalue weighted by atomic mass is 10.0. The average molecular weight is 403 g/mol. The van der Waals surface area contributed by atoms with Crippen molar-refractivity contribution >= 4 is 8.56 Å². The molecule has 0 radical (unpaired) electrons. The zero-order valence-corrected chi connectivity index (χ0v) is 20.2. The lowest BCUT2D eigenvalue weighted by molar-refractivity contribution is 0.0846. The minimum atomic E-state index is -1.98. The number of hydrogen-bond donors (Lipinski definition) is 0. The van der Waals surface area contributed by atoms with Gasteiger partial charge in [0.2, 0.25) is 0 Å². The molecule has 0 bridgehead atoms. The summed E-state index contributed by atoms with van der Waals surface area (Å²) in [4.78, 5) is 0. The number of ether oxygens (including phenoxy) is 1. The molecule has 0 unspecified atom stereocenters. The van der Waals surface area contributed by atoms with Crippen LogP contribution in [0.4, 0.5) is 0 Å². The largest absolute Gasteiger partial charge is 0.394 e. The van der Waals surface area contributed by atoms with Crippen LogP contribution in [0.25, 0.3) is 0 Å². The highest BCUT2D eigenvalue weighted by atomic mass is 28.4. The molecule has 0 aliphatic carbocycles. The van der Waals surface area contributed by atoms with E-state index >= 15 is 0 Å². The minimum Gasteiger partial charge on any atom is -0.394 e. The number of unbranched alkanes of at least 4 members (excludes halogenated alkanes) is 12. The Bertz CT molecular complexity index is 283. The van der Waals surface area contributed by atoms with Crippen molar-refractivity contribution in [2.24, 2.45) is 0 Å². The van der Waals surface area contributed by atoms with Crippen LogP contribution in [0.3, 0.4) is 0 Å². The molecule has 0 aromatic heterocycles. The third-order valence-corrected chi connectivity index (χ3v) is 9.10. The van der Waals surface area contributed by atoms with Crippen LogP contribution in [0.2, 0.25) is 12.1 Å². The Kier molecular flexibility index (Phi) is 20.9. The third-order valence-electron chi connectivity index (χ3n) is 5.49. The van der Waals surface area contributed by atoms with E-state index in [4.69, 9.17) is 13.6 Å². The zero-order valence-electron chi connectivity index (χ0n) is 19.2. The van der Waals surface area contributed by atoms with Crippen LogP contribution in [0.1, 0.15) is 111 Å². The fourth-order valence-electron chi connectivity index (χ4n) is 3.51. The van der Waals surface area contributed by atoms with E-state index in [0.29, 0.717) is 13.2 Å². The molecule has 0 spiro atoms. The fourth-order valence-corrected chi connectivity index (χ4v) is 5.88. The van der Waals surface area contributed by atoms with Gasteiger partial charge in [-0.15, -0.1) is 0 Å². The third kappa shape index (κ3) is 16.7. The maximum atomic E-state index is 6.27. The summed E-state index contributed by atoms with van der Waals surface area (Å²) in [7, 11) is -1.98. The second kappa shape index (κ2) is 20.8. The van der Waals surface area contributed by atoms with Gasteiger partial charge >= 0.3 is 8.56 Å². The number of hydrogen-bond acceptors (Lipinski definition) is 3. The fraction of sp³-hybridized carbons (Fsp3) is 1.00. The van der Waals surface area contributed by atoms with Crippen LogP contribution >= 0.6 is 0 Å². The molecule has 3 nitrogen and oxygen atoms in total. The van der Waals surface area contributed by atoms with Crippen molar-refractivity contribution < 1.29 is 13.6 Å². The summed E-state index contributed by atoms with van der Waals surface area (Å²) in [5.74, 6) is 0. The molecular formula is C23H50O3Si.